The highest BCUT2D eigenvalue weighted by atomic mass is 16.2. The Balaban J connectivity index is 2.19. The van der Waals surface area contributed by atoms with Gasteiger partial charge in [-0.3, -0.25) is 9.59 Å². The van der Waals surface area contributed by atoms with Gasteiger partial charge < -0.3 is 10.6 Å². The molecule has 0 radical (unpaired) electrons. The summed E-state index contributed by atoms with van der Waals surface area (Å²) in [5.41, 5.74) is 2.24. The van der Waals surface area contributed by atoms with Crippen LogP contribution < -0.4 is 10.6 Å². The molecule has 0 aliphatic rings. The molecule has 0 fully saturated rings. The molecule has 0 aromatic heterocycles. The number of benzene rings is 2. The Bertz CT molecular complexity index is 737. The second kappa shape index (κ2) is 8.83. The summed E-state index contributed by atoms with van der Waals surface area (Å²) in [7, 11) is 0. The number of rotatable bonds is 6. The van der Waals surface area contributed by atoms with Crippen LogP contribution in [0.15, 0.2) is 66.2 Å². The van der Waals surface area contributed by atoms with Crippen LogP contribution in [0, 0.1) is 0 Å². The fraction of sp³-hybridized carbons (Fsp3) is 0.238. The van der Waals surface area contributed by atoms with Gasteiger partial charge in [-0.05, 0) is 38.0 Å². The molecule has 0 heterocycles. The van der Waals surface area contributed by atoms with E-state index in [1.807, 2.05) is 74.5 Å². The van der Waals surface area contributed by atoms with E-state index in [0.29, 0.717) is 5.57 Å². The molecule has 0 saturated carbocycles. The Morgan fingerprint density at radius 1 is 0.880 bits per heavy atom. The number of hydrogen-bond donors (Lipinski definition) is 2. The largest absolute Gasteiger partial charge is 0.352 e. The second-order valence-corrected chi connectivity index (χ2v) is 6.22. The van der Waals surface area contributed by atoms with Crippen molar-refractivity contribution >= 4 is 17.9 Å². The van der Waals surface area contributed by atoms with Crippen molar-refractivity contribution in [1.82, 2.24) is 10.6 Å². The minimum absolute atomic E-state index is 0.00317. The highest BCUT2D eigenvalue weighted by Gasteiger charge is 2.23. The molecule has 130 valence electrons. The molecule has 4 heteroatoms. The zero-order valence-electron chi connectivity index (χ0n) is 14.8. The lowest BCUT2D eigenvalue weighted by atomic mass is 10.0. The van der Waals surface area contributed by atoms with Crippen LogP contribution in [0.25, 0.3) is 6.08 Å². The summed E-state index contributed by atoms with van der Waals surface area (Å²) < 4.78 is 0. The first kappa shape index (κ1) is 18.5. The normalized spacial score (nSPS) is 12.6. The smallest absolute Gasteiger partial charge is 0.247 e. The molecule has 0 bridgehead atoms. The summed E-state index contributed by atoms with van der Waals surface area (Å²) in [5.74, 6) is -0.487. The van der Waals surface area contributed by atoms with Gasteiger partial charge in [-0.25, -0.2) is 0 Å². The fourth-order valence-corrected chi connectivity index (χ4v) is 2.42. The molecule has 25 heavy (non-hydrogen) atoms. The van der Waals surface area contributed by atoms with Crippen LogP contribution >= 0.6 is 0 Å². The van der Waals surface area contributed by atoms with Crippen LogP contribution in [-0.2, 0) is 9.59 Å². The zero-order chi connectivity index (χ0) is 18.2. The van der Waals surface area contributed by atoms with Gasteiger partial charge in [-0.2, -0.15) is 0 Å². The van der Waals surface area contributed by atoms with Crippen molar-refractivity contribution in [3.8, 4) is 0 Å². The van der Waals surface area contributed by atoms with Crippen LogP contribution in [0.5, 0.6) is 0 Å². The lowest BCUT2D eigenvalue weighted by molar-refractivity contribution is -0.128. The van der Waals surface area contributed by atoms with E-state index in [0.717, 1.165) is 11.1 Å². The molecule has 2 aromatic rings. The van der Waals surface area contributed by atoms with Gasteiger partial charge in [0.1, 0.15) is 6.04 Å². The SMILES string of the molecule is C/C(=C\c1ccccc1)C(=O)N[C@H](C(=O)NC(C)C)c1ccccc1. The van der Waals surface area contributed by atoms with Gasteiger partial charge in [0.05, 0.1) is 0 Å². The summed E-state index contributed by atoms with van der Waals surface area (Å²) in [4.78, 5) is 25.1. The first-order chi connectivity index (χ1) is 12.0. The highest BCUT2D eigenvalue weighted by molar-refractivity contribution is 6.00. The quantitative estimate of drug-likeness (QED) is 0.794. The minimum atomic E-state index is -0.727. The van der Waals surface area contributed by atoms with Crippen LogP contribution in [0.3, 0.4) is 0 Å². The zero-order valence-corrected chi connectivity index (χ0v) is 14.8. The van der Waals surface area contributed by atoms with E-state index >= 15 is 0 Å². The summed E-state index contributed by atoms with van der Waals surface area (Å²) in [5, 5.41) is 5.70. The maximum absolute atomic E-state index is 12.6. The summed E-state index contributed by atoms with van der Waals surface area (Å²) in [6, 6.07) is 18.1. The fourth-order valence-electron chi connectivity index (χ4n) is 2.42. The van der Waals surface area contributed by atoms with Gasteiger partial charge in [0.25, 0.3) is 0 Å². The van der Waals surface area contributed by atoms with Crippen molar-refractivity contribution in [1.29, 1.82) is 0 Å². The van der Waals surface area contributed by atoms with E-state index in [1.165, 1.54) is 0 Å². The van der Waals surface area contributed by atoms with Gasteiger partial charge in [-0.15, -0.1) is 0 Å². The number of nitrogens with one attached hydrogen (secondary N) is 2. The van der Waals surface area contributed by atoms with Crippen molar-refractivity contribution in [3.05, 3.63) is 77.4 Å². The molecule has 0 spiro atoms. The monoisotopic (exact) mass is 336 g/mol. The lowest BCUT2D eigenvalue weighted by Gasteiger charge is -2.20. The molecule has 0 unspecified atom stereocenters. The average molecular weight is 336 g/mol. The van der Waals surface area contributed by atoms with Crippen LogP contribution in [0.4, 0.5) is 0 Å². The van der Waals surface area contributed by atoms with Crippen molar-refractivity contribution in [3.63, 3.8) is 0 Å². The third-order valence-electron chi connectivity index (χ3n) is 3.64. The topological polar surface area (TPSA) is 58.2 Å². The van der Waals surface area contributed by atoms with E-state index < -0.39 is 6.04 Å². The first-order valence-electron chi connectivity index (χ1n) is 8.37. The number of carbonyl (C=O) groups excluding carboxylic acids is 2. The van der Waals surface area contributed by atoms with Crippen molar-refractivity contribution in [2.75, 3.05) is 0 Å². The Morgan fingerprint density at radius 2 is 1.44 bits per heavy atom. The second-order valence-electron chi connectivity index (χ2n) is 6.22. The maximum Gasteiger partial charge on any atom is 0.247 e. The number of hydrogen-bond acceptors (Lipinski definition) is 2. The third-order valence-corrected chi connectivity index (χ3v) is 3.64. The van der Waals surface area contributed by atoms with Crippen LogP contribution in [0.2, 0.25) is 0 Å². The Labute approximate surface area is 149 Å². The minimum Gasteiger partial charge on any atom is -0.352 e. The van der Waals surface area contributed by atoms with Gasteiger partial charge in [0.2, 0.25) is 11.8 Å². The maximum atomic E-state index is 12.6. The Morgan fingerprint density at radius 3 is 2.00 bits per heavy atom. The molecule has 2 aromatic carbocycles. The van der Waals surface area contributed by atoms with Gasteiger partial charge in [-0.1, -0.05) is 60.7 Å². The van der Waals surface area contributed by atoms with E-state index in [4.69, 9.17) is 0 Å². The van der Waals surface area contributed by atoms with Crippen molar-refractivity contribution in [2.45, 2.75) is 32.9 Å². The van der Waals surface area contributed by atoms with Gasteiger partial charge in [0, 0.05) is 11.6 Å². The predicted molar refractivity (Wildman–Crippen MR) is 101 cm³/mol. The number of carbonyl (C=O) groups is 2. The third kappa shape index (κ3) is 5.60. The molecule has 2 N–H and O–H groups in total. The molecular weight excluding hydrogens is 312 g/mol. The van der Waals surface area contributed by atoms with E-state index in [2.05, 4.69) is 10.6 Å². The van der Waals surface area contributed by atoms with Gasteiger partial charge in [0.15, 0.2) is 0 Å². The van der Waals surface area contributed by atoms with E-state index in [1.54, 1.807) is 13.0 Å². The Kier molecular flexibility index (Phi) is 6.52. The summed E-state index contributed by atoms with van der Waals surface area (Å²) in [6.45, 7) is 5.52. The number of amides is 2. The van der Waals surface area contributed by atoms with Crippen LogP contribution in [0.1, 0.15) is 37.9 Å². The standard InChI is InChI=1S/C21H24N2O2/c1-15(2)22-21(25)19(18-12-8-5-9-13-18)23-20(24)16(3)14-17-10-6-4-7-11-17/h4-15,19H,1-3H3,(H,22,25)(H,23,24)/b16-14+/t19-/m0/s1. The molecule has 0 aliphatic heterocycles. The van der Waals surface area contributed by atoms with Crippen molar-refractivity contribution in [2.24, 2.45) is 0 Å². The van der Waals surface area contributed by atoms with Gasteiger partial charge >= 0.3 is 0 Å². The molecular formula is C21H24N2O2. The molecule has 0 aliphatic carbocycles. The predicted octanol–water partition coefficient (Wildman–Crippen LogP) is 3.47. The molecule has 1 atom stereocenters. The summed E-state index contributed by atoms with van der Waals surface area (Å²) in [6.07, 6.45) is 1.80. The first-order valence-corrected chi connectivity index (χ1v) is 8.37. The Hall–Kier alpha value is -2.88. The van der Waals surface area contributed by atoms with E-state index in [9.17, 15) is 9.59 Å². The van der Waals surface area contributed by atoms with Crippen LogP contribution in [-0.4, -0.2) is 17.9 Å². The molecule has 2 amide bonds. The lowest BCUT2D eigenvalue weighted by Crippen LogP contribution is -2.43. The van der Waals surface area contributed by atoms with E-state index in [-0.39, 0.29) is 17.9 Å². The average Bonchev–Trinajstić information content (AvgIpc) is 2.60. The van der Waals surface area contributed by atoms with Crippen molar-refractivity contribution < 1.29 is 9.59 Å². The molecule has 0 saturated heterocycles. The molecule has 4 nitrogen and oxygen atoms in total. The highest BCUT2D eigenvalue weighted by Crippen LogP contribution is 2.15. The summed E-state index contributed by atoms with van der Waals surface area (Å²) >= 11 is 0. The molecule has 2 rings (SSSR count).